The fourth-order valence-electron chi connectivity index (χ4n) is 5.74. The van der Waals surface area contributed by atoms with Crippen LogP contribution in [0.5, 0.6) is 0 Å². The molecule has 41 heavy (non-hydrogen) atoms. The maximum Gasteiger partial charge on any atom is 0.0547 e. The highest BCUT2D eigenvalue weighted by molar-refractivity contribution is 6.11. The summed E-state index contributed by atoms with van der Waals surface area (Å²) >= 11 is 0. The molecule has 6 aromatic rings. The molecule has 0 fully saturated rings. The first-order chi connectivity index (χ1) is 20.1. The lowest BCUT2D eigenvalue weighted by Crippen LogP contribution is -1.95. The Kier molecular flexibility index (Phi) is 7.69. The Labute approximate surface area is 244 Å². The van der Waals surface area contributed by atoms with Crippen LogP contribution in [0.3, 0.4) is 0 Å². The standard InChI is InChI=1S/C40H37N/c1-4-5-6-7-8-9-10-31-15-23-36(24-16-31)41-39-27-34(32-17-11-29(2)12-18-32)21-25-37(39)38-26-22-35(28-40(38)41)33-19-13-30(3)14-20-33/h4-6,11-28H,1,7-10H2,2-3H3. The topological polar surface area (TPSA) is 4.93 Å². The number of unbranched alkanes of at least 4 members (excludes halogenated alkanes) is 2. The van der Waals surface area contributed by atoms with Crippen molar-refractivity contribution in [1.82, 2.24) is 4.57 Å². The SMILES string of the molecule is C=CC=CCCCCc1ccc(-n2c3cc(-c4ccc(C)cc4)ccc3c3ccc(-c4ccc(C)cc4)cc32)cc1. The van der Waals surface area contributed by atoms with Gasteiger partial charge in [-0.2, -0.15) is 0 Å². The Morgan fingerprint density at radius 3 is 1.61 bits per heavy atom. The molecule has 1 heterocycles. The first-order valence-corrected chi connectivity index (χ1v) is 14.7. The van der Waals surface area contributed by atoms with Crippen LogP contribution >= 0.6 is 0 Å². The monoisotopic (exact) mass is 531 g/mol. The summed E-state index contributed by atoms with van der Waals surface area (Å²) in [7, 11) is 0. The third kappa shape index (κ3) is 5.67. The molecule has 0 amide bonds. The Balaban J connectivity index is 1.44. The minimum Gasteiger partial charge on any atom is -0.309 e. The molecule has 0 aliphatic carbocycles. The molecule has 5 aromatic carbocycles. The van der Waals surface area contributed by atoms with Crippen molar-refractivity contribution in [2.45, 2.75) is 39.5 Å². The number of hydrogen-bond donors (Lipinski definition) is 0. The number of nitrogens with zero attached hydrogens (tertiary/aromatic N) is 1. The molecule has 0 radical (unpaired) electrons. The second-order valence-electron chi connectivity index (χ2n) is 11.1. The van der Waals surface area contributed by atoms with Gasteiger partial charge in [0.1, 0.15) is 0 Å². The molecule has 6 rings (SSSR count). The van der Waals surface area contributed by atoms with Crippen molar-refractivity contribution >= 4 is 21.8 Å². The van der Waals surface area contributed by atoms with Gasteiger partial charge in [0, 0.05) is 16.5 Å². The predicted octanol–water partition coefficient (Wildman–Crippen LogP) is 11.2. The van der Waals surface area contributed by atoms with Crippen molar-refractivity contribution in [2.24, 2.45) is 0 Å². The number of aryl methyl sites for hydroxylation is 3. The minimum absolute atomic E-state index is 1.10. The van der Waals surface area contributed by atoms with Gasteiger partial charge in [0.2, 0.25) is 0 Å². The fraction of sp³-hybridized carbons (Fsp3) is 0.150. The predicted molar refractivity (Wildman–Crippen MR) is 178 cm³/mol. The molecule has 1 heteroatoms. The van der Waals surface area contributed by atoms with Gasteiger partial charge in [-0.15, -0.1) is 0 Å². The molecule has 0 aliphatic rings. The Hall–Kier alpha value is -4.62. The van der Waals surface area contributed by atoms with E-state index in [1.807, 2.05) is 12.2 Å². The molecule has 0 atom stereocenters. The number of hydrogen-bond acceptors (Lipinski definition) is 0. The zero-order valence-corrected chi connectivity index (χ0v) is 24.1. The van der Waals surface area contributed by atoms with E-state index in [9.17, 15) is 0 Å². The van der Waals surface area contributed by atoms with Gasteiger partial charge in [-0.3, -0.25) is 0 Å². The van der Waals surface area contributed by atoms with Crippen LogP contribution in [0, 0.1) is 13.8 Å². The third-order valence-electron chi connectivity index (χ3n) is 8.09. The molecule has 0 saturated heterocycles. The van der Waals surface area contributed by atoms with E-state index in [2.05, 4.69) is 140 Å². The van der Waals surface area contributed by atoms with Gasteiger partial charge >= 0.3 is 0 Å². The van der Waals surface area contributed by atoms with E-state index in [-0.39, 0.29) is 0 Å². The van der Waals surface area contributed by atoms with E-state index in [0.29, 0.717) is 0 Å². The van der Waals surface area contributed by atoms with E-state index in [1.54, 1.807) is 0 Å². The van der Waals surface area contributed by atoms with E-state index in [0.717, 1.165) is 12.8 Å². The van der Waals surface area contributed by atoms with Crippen LogP contribution in [-0.2, 0) is 6.42 Å². The van der Waals surface area contributed by atoms with Crippen LogP contribution < -0.4 is 0 Å². The summed E-state index contributed by atoms with van der Waals surface area (Å²) in [5, 5.41) is 2.56. The zero-order valence-electron chi connectivity index (χ0n) is 24.1. The average Bonchev–Trinajstić information content (AvgIpc) is 3.33. The summed E-state index contributed by atoms with van der Waals surface area (Å²) in [6, 6.07) is 40.7. The summed E-state index contributed by atoms with van der Waals surface area (Å²) in [6.07, 6.45) is 10.7. The van der Waals surface area contributed by atoms with Crippen molar-refractivity contribution in [3.05, 3.63) is 151 Å². The maximum absolute atomic E-state index is 3.75. The van der Waals surface area contributed by atoms with Crippen molar-refractivity contribution in [1.29, 1.82) is 0 Å². The van der Waals surface area contributed by atoms with Crippen molar-refractivity contribution in [2.75, 3.05) is 0 Å². The lowest BCUT2D eigenvalue weighted by molar-refractivity contribution is 0.747. The van der Waals surface area contributed by atoms with Gasteiger partial charge in [-0.25, -0.2) is 0 Å². The first kappa shape index (κ1) is 26.6. The Morgan fingerprint density at radius 1 is 0.585 bits per heavy atom. The van der Waals surface area contributed by atoms with Gasteiger partial charge in [0.15, 0.2) is 0 Å². The Bertz CT molecular complexity index is 1730. The molecule has 0 spiro atoms. The van der Waals surface area contributed by atoms with Crippen LogP contribution in [0.15, 0.2) is 134 Å². The van der Waals surface area contributed by atoms with Gasteiger partial charge in [0.25, 0.3) is 0 Å². The molecule has 1 nitrogen and oxygen atoms in total. The number of rotatable bonds is 9. The third-order valence-corrected chi connectivity index (χ3v) is 8.09. The average molecular weight is 532 g/mol. The van der Waals surface area contributed by atoms with E-state index in [4.69, 9.17) is 0 Å². The zero-order chi connectivity index (χ0) is 28.2. The largest absolute Gasteiger partial charge is 0.309 e. The molecule has 0 aliphatic heterocycles. The highest BCUT2D eigenvalue weighted by atomic mass is 15.0. The molecule has 202 valence electrons. The summed E-state index contributed by atoms with van der Waals surface area (Å²) in [5.74, 6) is 0. The number of aromatic nitrogens is 1. The number of fused-ring (bicyclic) bond motifs is 3. The smallest absolute Gasteiger partial charge is 0.0547 e. The molecule has 0 unspecified atom stereocenters. The summed E-state index contributed by atoms with van der Waals surface area (Å²) < 4.78 is 2.45. The maximum atomic E-state index is 3.75. The van der Waals surface area contributed by atoms with E-state index < -0.39 is 0 Å². The molecule has 1 aromatic heterocycles. The summed E-state index contributed by atoms with van der Waals surface area (Å²) in [6.45, 7) is 8.03. The second kappa shape index (κ2) is 11.9. The first-order valence-electron chi connectivity index (χ1n) is 14.7. The number of allylic oxidation sites excluding steroid dienone is 3. The highest BCUT2D eigenvalue weighted by Gasteiger charge is 2.15. The van der Waals surface area contributed by atoms with Gasteiger partial charge in [0.05, 0.1) is 11.0 Å². The number of benzene rings is 5. The molecule has 0 N–H and O–H groups in total. The summed E-state index contributed by atoms with van der Waals surface area (Å²) in [5.41, 5.74) is 12.6. The molecule has 0 bridgehead atoms. The fourth-order valence-corrected chi connectivity index (χ4v) is 5.74. The summed E-state index contributed by atoms with van der Waals surface area (Å²) in [4.78, 5) is 0. The van der Waals surface area contributed by atoms with Crippen LogP contribution in [0.25, 0.3) is 49.7 Å². The van der Waals surface area contributed by atoms with Crippen LogP contribution in [0.4, 0.5) is 0 Å². The van der Waals surface area contributed by atoms with Gasteiger partial charge < -0.3 is 4.57 Å². The van der Waals surface area contributed by atoms with Crippen LogP contribution in [0.2, 0.25) is 0 Å². The lowest BCUT2D eigenvalue weighted by atomic mass is 10.0. The minimum atomic E-state index is 1.10. The van der Waals surface area contributed by atoms with Crippen LogP contribution in [0.1, 0.15) is 36.0 Å². The normalized spacial score (nSPS) is 11.6. The van der Waals surface area contributed by atoms with Gasteiger partial charge in [-0.05, 0) is 91.6 Å². The lowest BCUT2D eigenvalue weighted by Gasteiger charge is -2.11. The molecular formula is C40H37N. The van der Waals surface area contributed by atoms with Crippen molar-refractivity contribution < 1.29 is 0 Å². The van der Waals surface area contributed by atoms with E-state index in [1.165, 1.54) is 79.3 Å². The van der Waals surface area contributed by atoms with Gasteiger partial charge in [-0.1, -0.05) is 121 Å². The van der Waals surface area contributed by atoms with Crippen molar-refractivity contribution in [3.8, 4) is 27.9 Å². The second-order valence-corrected chi connectivity index (χ2v) is 11.1. The van der Waals surface area contributed by atoms with Crippen molar-refractivity contribution in [3.63, 3.8) is 0 Å². The van der Waals surface area contributed by atoms with Crippen LogP contribution in [-0.4, -0.2) is 4.57 Å². The van der Waals surface area contributed by atoms with E-state index >= 15 is 0 Å². The molecular weight excluding hydrogens is 494 g/mol. The Morgan fingerprint density at radius 2 is 1.10 bits per heavy atom. The molecule has 0 saturated carbocycles. The highest BCUT2D eigenvalue weighted by Crippen LogP contribution is 2.37. The quantitative estimate of drug-likeness (QED) is 0.129.